The smallest absolute Gasteiger partial charge is 0.277 e. The molecule has 0 aromatic heterocycles. The summed E-state index contributed by atoms with van der Waals surface area (Å²) in [6, 6.07) is 19.6. The molecule has 1 amide bonds. The Balaban J connectivity index is 1.68. The van der Waals surface area contributed by atoms with Crippen LogP contribution in [0, 0.1) is 0 Å². The first-order valence-electron chi connectivity index (χ1n) is 7.62. The van der Waals surface area contributed by atoms with Crippen molar-refractivity contribution in [3.05, 3.63) is 77.9 Å². The second-order valence-electron chi connectivity index (χ2n) is 5.36. The fraction of sp³-hybridized carbons (Fsp3) is 0.211. The number of ether oxygens (including phenoxy) is 1. The lowest BCUT2D eigenvalue weighted by molar-refractivity contribution is -0.204. The van der Waals surface area contributed by atoms with Crippen molar-refractivity contribution >= 4 is 12.0 Å². The Kier molecular flexibility index (Phi) is 4.86. The highest BCUT2D eigenvalue weighted by Gasteiger charge is 2.37. The quantitative estimate of drug-likeness (QED) is 0.849. The van der Waals surface area contributed by atoms with Crippen molar-refractivity contribution in [2.45, 2.75) is 25.9 Å². The van der Waals surface area contributed by atoms with Crippen molar-refractivity contribution in [1.82, 2.24) is 5.06 Å². The van der Waals surface area contributed by atoms with Gasteiger partial charge < -0.3 is 4.74 Å². The average Bonchev–Trinajstić information content (AvgIpc) is 2.87. The Hall–Kier alpha value is -2.43. The molecule has 4 heteroatoms. The van der Waals surface area contributed by atoms with Crippen LogP contribution in [0.15, 0.2) is 66.7 Å². The molecule has 0 N–H and O–H groups in total. The summed E-state index contributed by atoms with van der Waals surface area (Å²) in [7, 11) is 0. The second kappa shape index (κ2) is 7.22. The molecule has 2 aromatic carbocycles. The van der Waals surface area contributed by atoms with Gasteiger partial charge in [-0.15, -0.1) is 0 Å². The molecule has 4 nitrogen and oxygen atoms in total. The van der Waals surface area contributed by atoms with Crippen LogP contribution in [0.1, 0.15) is 18.1 Å². The van der Waals surface area contributed by atoms with E-state index in [1.807, 2.05) is 72.8 Å². The van der Waals surface area contributed by atoms with Crippen molar-refractivity contribution in [2.75, 3.05) is 0 Å². The number of hydrogen-bond acceptors (Lipinski definition) is 3. The van der Waals surface area contributed by atoms with E-state index in [0.29, 0.717) is 6.61 Å². The van der Waals surface area contributed by atoms with Crippen LogP contribution in [-0.4, -0.2) is 23.3 Å². The van der Waals surface area contributed by atoms with E-state index in [4.69, 9.17) is 9.57 Å². The zero-order chi connectivity index (χ0) is 16.1. The second-order valence-corrected chi connectivity index (χ2v) is 5.36. The maximum absolute atomic E-state index is 12.2. The van der Waals surface area contributed by atoms with Gasteiger partial charge in [0, 0.05) is 0 Å². The van der Waals surface area contributed by atoms with Crippen LogP contribution in [0.3, 0.4) is 0 Å². The lowest BCUT2D eigenvalue weighted by Crippen LogP contribution is -2.33. The predicted molar refractivity (Wildman–Crippen MR) is 87.9 cm³/mol. The van der Waals surface area contributed by atoms with Crippen LogP contribution in [0.25, 0.3) is 6.08 Å². The standard InChI is InChI=1S/C19H19NO3/c1-15-19(21)20(22-14-17-10-6-3-7-11-17)18(23-15)13-12-16-8-4-2-5-9-16/h2-13,15,18H,14H2,1H3. The number of hydrogen-bond donors (Lipinski definition) is 0. The number of benzene rings is 2. The Morgan fingerprint density at radius 2 is 1.74 bits per heavy atom. The molecule has 0 aliphatic carbocycles. The first-order valence-corrected chi connectivity index (χ1v) is 7.62. The Bertz CT molecular complexity index is 670. The number of rotatable bonds is 5. The van der Waals surface area contributed by atoms with Gasteiger partial charge in [-0.3, -0.25) is 9.63 Å². The summed E-state index contributed by atoms with van der Waals surface area (Å²) in [6.07, 6.45) is 2.74. The maximum Gasteiger partial charge on any atom is 0.277 e. The fourth-order valence-corrected chi connectivity index (χ4v) is 2.36. The summed E-state index contributed by atoms with van der Waals surface area (Å²) in [5.74, 6) is -0.163. The van der Waals surface area contributed by atoms with Crippen molar-refractivity contribution in [2.24, 2.45) is 0 Å². The molecule has 1 fully saturated rings. The molecule has 2 unspecified atom stereocenters. The first-order chi connectivity index (χ1) is 11.2. The third-order valence-corrected chi connectivity index (χ3v) is 3.61. The van der Waals surface area contributed by atoms with Crippen molar-refractivity contribution < 1.29 is 14.4 Å². The molecule has 1 heterocycles. The Morgan fingerprint density at radius 1 is 1.09 bits per heavy atom. The molecule has 1 saturated heterocycles. The molecular formula is C19H19NO3. The molecule has 0 radical (unpaired) electrons. The summed E-state index contributed by atoms with van der Waals surface area (Å²) in [4.78, 5) is 17.9. The molecule has 1 aliphatic heterocycles. The van der Waals surface area contributed by atoms with Gasteiger partial charge in [0.25, 0.3) is 5.91 Å². The van der Waals surface area contributed by atoms with Gasteiger partial charge in [0.05, 0.1) is 0 Å². The minimum Gasteiger partial charge on any atom is -0.339 e. The van der Waals surface area contributed by atoms with Gasteiger partial charge in [0.15, 0.2) is 6.23 Å². The monoisotopic (exact) mass is 309 g/mol. The van der Waals surface area contributed by atoms with Gasteiger partial charge in [-0.25, -0.2) is 0 Å². The van der Waals surface area contributed by atoms with E-state index in [1.165, 1.54) is 5.06 Å². The van der Waals surface area contributed by atoms with Gasteiger partial charge in [0.2, 0.25) is 0 Å². The fourth-order valence-electron chi connectivity index (χ4n) is 2.36. The number of carbonyl (C=O) groups excluding carboxylic acids is 1. The Labute approximate surface area is 135 Å². The summed E-state index contributed by atoms with van der Waals surface area (Å²) in [5.41, 5.74) is 2.05. The van der Waals surface area contributed by atoms with E-state index < -0.39 is 12.3 Å². The number of carbonyl (C=O) groups is 1. The maximum atomic E-state index is 12.2. The lowest BCUT2D eigenvalue weighted by Gasteiger charge is -2.19. The number of amides is 1. The van der Waals surface area contributed by atoms with E-state index in [2.05, 4.69) is 0 Å². The molecule has 0 spiro atoms. The highest BCUT2D eigenvalue weighted by molar-refractivity contribution is 5.81. The molecule has 1 aliphatic rings. The summed E-state index contributed by atoms with van der Waals surface area (Å²) in [6.45, 7) is 2.07. The number of hydroxylamine groups is 2. The molecule has 0 saturated carbocycles. The van der Waals surface area contributed by atoms with Crippen molar-refractivity contribution in [3.8, 4) is 0 Å². The van der Waals surface area contributed by atoms with Crippen LogP contribution >= 0.6 is 0 Å². The van der Waals surface area contributed by atoms with Crippen LogP contribution in [0.5, 0.6) is 0 Å². The third-order valence-electron chi connectivity index (χ3n) is 3.61. The Morgan fingerprint density at radius 3 is 2.43 bits per heavy atom. The molecule has 3 rings (SSSR count). The summed E-state index contributed by atoms with van der Waals surface area (Å²) < 4.78 is 5.66. The van der Waals surface area contributed by atoms with Crippen molar-refractivity contribution in [3.63, 3.8) is 0 Å². The van der Waals surface area contributed by atoms with Crippen LogP contribution in [-0.2, 0) is 21.0 Å². The SMILES string of the molecule is CC1OC(C=Cc2ccccc2)N(OCc2ccccc2)C1=O. The normalized spacial score (nSPS) is 21.3. The van der Waals surface area contributed by atoms with E-state index in [9.17, 15) is 4.79 Å². The lowest BCUT2D eigenvalue weighted by atomic mass is 10.2. The molecule has 2 atom stereocenters. The topological polar surface area (TPSA) is 38.8 Å². The zero-order valence-corrected chi connectivity index (χ0v) is 13.0. The highest BCUT2D eigenvalue weighted by atomic mass is 16.7. The van der Waals surface area contributed by atoms with Gasteiger partial charge >= 0.3 is 0 Å². The minimum absolute atomic E-state index is 0.163. The number of nitrogens with zero attached hydrogens (tertiary/aromatic N) is 1. The largest absolute Gasteiger partial charge is 0.339 e. The molecular weight excluding hydrogens is 290 g/mol. The predicted octanol–water partition coefficient (Wildman–Crippen LogP) is 3.41. The molecule has 23 heavy (non-hydrogen) atoms. The minimum atomic E-state index is -0.513. The van der Waals surface area contributed by atoms with Crippen LogP contribution in [0.2, 0.25) is 0 Å². The third kappa shape index (κ3) is 3.86. The zero-order valence-electron chi connectivity index (χ0n) is 13.0. The van der Waals surface area contributed by atoms with Gasteiger partial charge in [-0.2, -0.15) is 5.06 Å². The van der Waals surface area contributed by atoms with Crippen molar-refractivity contribution in [1.29, 1.82) is 0 Å². The molecule has 2 aromatic rings. The highest BCUT2D eigenvalue weighted by Crippen LogP contribution is 2.21. The van der Waals surface area contributed by atoms with Gasteiger partial charge in [-0.1, -0.05) is 66.7 Å². The van der Waals surface area contributed by atoms with Gasteiger partial charge in [-0.05, 0) is 24.1 Å². The van der Waals surface area contributed by atoms with E-state index in [0.717, 1.165) is 11.1 Å². The van der Waals surface area contributed by atoms with Gasteiger partial charge in [0.1, 0.15) is 12.7 Å². The molecule has 118 valence electrons. The first kappa shape index (κ1) is 15.5. The summed E-state index contributed by atoms with van der Waals surface area (Å²) in [5, 5.41) is 1.32. The van der Waals surface area contributed by atoms with Crippen LogP contribution in [0.4, 0.5) is 0 Å². The van der Waals surface area contributed by atoms with E-state index >= 15 is 0 Å². The van der Waals surface area contributed by atoms with E-state index in [1.54, 1.807) is 6.92 Å². The summed E-state index contributed by atoms with van der Waals surface area (Å²) >= 11 is 0. The average molecular weight is 309 g/mol. The van der Waals surface area contributed by atoms with Crippen LogP contribution < -0.4 is 0 Å². The molecule has 0 bridgehead atoms. The van der Waals surface area contributed by atoms with E-state index in [-0.39, 0.29) is 5.91 Å².